The average molecular weight is 547 g/mol. The van der Waals surface area contributed by atoms with Crippen molar-refractivity contribution in [3.05, 3.63) is 94.8 Å². The number of H-pyrrole nitrogens is 1. The molecule has 0 spiro atoms. The van der Waals surface area contributed by atoms with Gasteiger partial charge in [0, 0.05) is 29.9 Å². The van der Waals surface area contributed by atoms with Crippen LogP contribution in [0.15, 0.2) is 72.4 Å². The minimum atomic E-state index is -1.58. The van der Waals surface area contributed by atoms with E-state index < -0.39 is 12.0 Å². The van der Waals surface area contributed by atoms with E-state index >= 15 is 0 Å². The number of anilines is 1. The second-order valence-electron chi connectivity index (χ2n) is 9.95. The zero-order valence-electron chi connectivity index (χ0n) is 23.4. The molecule has 1 unspecified atom stereocenters. The Labute approximate surface area is 233 Å². The molecule has 1 atom stereocenters. The number of aryl methyl sites for hydroxylation is 3. The van der Waals surface area contributed by atoms with E-state index in [4.69, 9.17) is 10.1 Å². The van der Waals surface area contributed by atoms with Crippen molar-refractivity contribution in [2.75, 3.05) is 11.4 Å². The van der Waals surface area contributed by atoms with Crippen molar-refractivity contribution in [1.82, 2.24) is 9.97 Å². The number of aromatic amines is 1. The van der Waals surface area contributed by atoms with Gasteiger partial charge in [0.2, 0.25) is 5.88 Å². The van der Waals surface area contributed by atoms with Crippen molar-refractivity contribution in [1.29, 1.82) is 5.41 Å². The van der Waals surface area contributed by atoms with E-state index in [2.05, 4.69) is 49.5 Å². The van der Waals surface area contributed by atoms with E-state index in [0.717, 1.165) is 30.2 Å². The topological polar surface area (TPSA) is 85.2 Å². The van der Waals surface area contributed by atoms with Crippen molar-refractivity contribution in [2.24, 2.45) is 0 Å². The predicted octanol–water partition coefficient (Wildman–Crippen LogP) is 8.34. The molecule has 0 fully saturated rings. The standard InChI is InChI=1S/C32H36F2N4O2/c1-6-9-13-38(28-18-36-29(15-20(28)5)40-31-24(33)11-10-12-25(31)34)32(35)23(8-3)30(39)27-17-22-14-19(4)21(7-2)16-26(22)37-27/h8,10-11,14-18,25,35,37,39H,3,6-7,9,12-13H2,1-2,4-5H3. The normalized spacial score (nSPS) is 15.8. The smallest absolute Gasteiger partial charge is 0.219 e. The molecule has 0 aliphatic heterocycles. The van der Waals surface area contributed by atoms with Gasteiger partial charge >= 0.3 is 0 Å². The maximum absolute atomic E-state index is 14.2. The van der Waals surface area contributed by atoms with Gasteiger partial charge in [-0.15, -0.1) is 0 Å². The number of aliphatic hydroxyl groups excluding tert-OH is 1. The Morgan fingerprint density at radius 1 is 1.25 bits per heavy atom. The van der Waals surface area contributed by atoms with Crippen molar-refractivity contribution in [3.8, 4) is 5.88 Å². The highest BCUT2D eigenvalue weighted by atomic mass is 19.1. The molecule has 2 aromatic heterocycles. The fraction of sp³-hybridized carbons (Fsp3) is 0.312. The Morgan fingerprint density at radius 2 is 2.02 bits per heavy atom. The van der Waals surface area contributed by atoms with E-state index in [1.807, 2.05) is 13.0 Å². The molecule has 2 heterocycles. The summed E-state index contributed by atoms with van der Waals surface area (Å²) in [5.41, 5.74) is 5.39. The first-order valence-electron chi connectivity index (χ1n) is 13.6. The third-order valence-corrected chi connectivity index (χ3v) is 7.12. The quantitative estimate of drug-likeness (QED) is 0.103. The third kappa shape index (κ3) is 5.86. The fourth-order valence-electron chi connectivity index (χ4n) is 4.83. The molecule has 1 aromatic carbocycles. The first-order valence-corrected chi connectivity index (χ1v) is 13.6. The predicted molar refractivity (Wildman–Crippen MR) is 159 cm³/mol. The molecule has 1 aliphatic carbocycles. The number of benzene rings is 1. The lowest BCUT2D eigenvalue weighted by Crippen LogP contribution is -2.33. The molecule has 0 amide bonds. The van der Waals surface area contributed by atoms with Gasteiger partial charge in [0.05, 0.1) is 23.2 Å². The van der Waals surface area contributed by atoms with Crippen molar-refractivity contribution in [2.45, 2.75) is 59.5 Å². The van der Waals surface area contributed by atoms with Crippen molar-refractivity contribution in [3.63, 3.8) is 0 Å². The number of fused-ring (bicyclic) bond motifs is 1. The molecule has 4 rings (SSSR count). The van der Waals surface area contributed by atoms with Gasteiger partial charge in [-0.1, -0.05) is 39.0 Å². The molecular formula is C32H36F2N4O2. The summed E-state index contributed by atoms with van der Waals surface area (Å²) in [5, 5.41) is 21.4. The molecule has 210 valence electrons. The number of aromatic nitrogens is 2. The monoisotopic (exact) mass is 546 g/mol. The highest BCUT2D eigenvalue weighted by molar-refractivity contribution is 6.13. The Hall–Kier alpha value is -4.20. The van der Waals surface area contributed by atoms with Crippen LogP contribution in [-0.4, -0.2) is 33.6 Å². The van der Waals surface area contributed by atoms with Crippen LogP contribution >= 0.6 is 0 Å². The Balaban J connectivity index is 1.69. The number of unbranched alkanes of at least 4 members (excludes halogenated alkanes) is 1. The SMILES string of the molecule is C=CC(C(=N)N(CCCC)c1cnc(OC2=C(F)C=CCC2F)cc1C)=C(O)c1cc2cc(C)c(CC)cc2[nH]1. The second-order valence-corrected chi connectivity index (χ2v) is 9.95. The van der Waals surface area contributed by atoms with E-state index in [-0.39, 0.29) is 35.2 Å². The second kappa shape index (κ2) is 12.3. The Morgan fingerprint density at radius 3 is 2.67 bits per heavy atom. The molecule has 0 radical (unpaired) electrons. The number of halogens is 2. The van der Waals surface area contributed by atoms with Crippen LogP contribution in [0.1, 0.15) is 55.5 Å². The van der Waals surface area contributed by atoms with Gasteiger partial charge in [0.15, 0.2) is 17.8 Å². The van der Waals surface area contributed by atoms with E-state index in [0.29, 0.717) is 23.5 Å². The number of rotatable bonds is 10. The summed E-state index contributed by atoms with van der Waals surface area (Å²) in [5.74, 6) is -1.12. The maximum Gasteiger partial charge on any atom is 0.219 e. The van der Waals surface area contributed by atoms with Crippen molar-refractivity contribution >= 4 is 28.2 Å². The molecule has 0 saturated heterocycles. The number of allylic oxidation sites excluding steroid dienone is 4. The first kappa shape index (κ1) is 28.8. The maximum atomic E-state index is 14.2. The van der Waals surface area contributed by atoms with Gasteiger partial charge in [-0.3, -0.25) is 5.41 Å². The number of aliphatic hydroxyl groups is 1. The van der Waals surface area contributed by atoms with Crippen LogP contribution in [0.2, 0.25) is 0 Å². The zero-order chi connectivity index (χ0) is 29.0. The number of nitrogens with one attached hydrogen (secondary N) is 2. The highest BCUT2D eigenvalue weighted by Crippen LogP contribution is 2.31. The van der Waals surface area contributed by atoms with Gasteiger partial charge in [0.1, 0.15) is 11.6 Å². The molecule has 6 nitrogen and oxygen atoms in total. The molecule has 40 heavy (non-hydrogen) atoms. The molecule has 8 heteroatoms. The van der Waals surface area contributed by atoms with Gasteiger partial charge in [-0.25, -0.2) is 13.8 Å². The number of hydrogen-bond donors (Lipinski definition) is 3. The van der Waals surface area contributed by atoms with Gasteiger partial charge in [0.25, 0.3) is 0 Å². The number of alkyl halides is 1. The summed E-state index contributed by atoms with van der Waals surface area (Å²) in [4.78, 5) is 9.33. The van der Waals surface area contributed by atoms with E-state index in [9.17, 15) is 13.9 Å². The fourth-order valence-corrected chi connectivity index (χ4v) is 4.83. The number of hydrogen-bond acceptors (Lipinski definition) is 4. The highest BCUT2D eigenvalue weighted by Gasteiger charge is 2.25. The average Bonchev–Trinajstić information content (AvgIpc) is 3.34. The Bertz CT molecular complexity index is 1530. The zero-order valence-corrected chi connectivity index (χ0v) is 23.4. The molecule has 3 N–H and O–H groups in total. The summed E-state index contributed by atoms with van der Waals surface area (Å²) in [6.07, 6.45) is 6.64. The van der Waals surface area contributed by atoms with Crippen LogP contribution in [0, 0.1) is 19.3 Å². The number of amidine groups is 1. The van der Waals surface area contributed by atoms with Crippen LogP contribution < -0.4 is 9.64 Å². The van der Waals surface area contributed by atoms with E-state index in [1.54, 1.807) is 11.0 Å². The lowest BCUT2D eigenvalue weighted by Gasteiger charge is -2.27. The number of ether oxygens (including phenoxy) is 1. The molecule has 0 bridgehead atoms. The lowest BCUT2D eigenvalue weighted by molar-refractivity contribution is 0.252. The first-order chi connectivity index (χ1) is 19.2. The van der Waals surface area contributed by atoms with Crippen LogP contribution in [0.3, 0.4) is 0 Å². The minimum absolute atomic E-state index is 0.0394. The minimum Gasteiger partial charge on any atom is -0.505 e. The summed E-state index contributed by atoms with van der Waals surface area (Å²) >= 11 is 0. The van der Waals surface area contributed by atoms with Crippen LogP contribution in [-0.2, 0) is 6.42 Å². The Kier molecular flexibility index (Phi) is 8.87. The van der Waals surface area contributed by atoms with Crippen LogP contribution in [0.25, 0.3) is 16.7 Å². The summed E-state index contributed by atoms with van der Waals surface area (Å²) in [6.45, 7) is 12.4. The summed E-state index contributed by atoms with van der Waals surface area (Å²) < 4.78 is 33.8. The van der Waals surface area contributed by atoms with E-state index in [1.165, 1.54) is 35.6 Å². The number of pyridine rings is 1. The molecule has 3 aromatic rings. The molecular weight excluding hydrogens is 510 g/mol. The van der Waals surface area contributed by atoms with Gasteiger partial charge in [-0.2, -0.15) is 0 Å². The largest absolute Gasteiger partial charge is 0.505 e. The summed E-state index contributed by atoms with van der Waals surface area (Å²) in [7, 11) is 0. The van der Waals surface area contributed by atoms with Crippen molar-refractivity contribution < 1.29 is 18.6 Å². The van der Waals surface area contributed by atoms with Crippen LogP contribution in [0.4, 0.5) is 14.5 Å². The van der Waals surface area contributed by atoms with Crippen LogP contribution in [0.5, 0.6) is 5.88 Å². The molecule has 1 aliphatic rings. The summed E-state index contributed by atoms with van der Waals surface area (Å²) in [6, 6.07) is 7.64. The van der Waals surface area contributed by atoms with Gasteiger partial charge < -0.3 is 19.7 Å². The third-order valence-electron chi connectivity index (χ3n) is 7.12. The number of nitrogens with zero attached hydrogens (tertiary/aromatic N) is 2. The lowest BCUT2D eigenvalue weighted by atomic mass is 10.0. The van der Waals surface area contributed by atoms with Gasteiger partial charge in [-0.05, 0) is 67.7 Å². The molecule has 0 saturated carbocycles.